The minimum Gasteiger partial charge on any atom is -0.394 e. The van der Waals surface area contributed by atoms with Gasteiger partial charge in [-0.2, -0.15) is 0 Å². The minimum atomic E-state index is -0.293. The first-order chi connectivity index (χ1) is 7.94. The summed E-state index contributed by atoms with van der Waals surface area (Å²) >= 11 is 0. The second-order valence-electron chi connectivity index (χ2n) is 7.29. The molecule has 4 nitrogen and oxygen atoms in total. The van der Waals surface area contributed by atoms with Crippen molar-refractivity contribution in [3.05, 3.63) is 0 Å². The first-order valence-corrected chi connectivity index (χ1v) is 6.72. The van der Waals surface area contributed by atoms with Crippen LogP contribution < -0.4 is 5.73 Å². The number of nitrogens with two attached hydrogens (primary N) is 1. The van der Waals surface area contributed by atoms with Crippen LogP contribution in [0.15, 0.2) is 0 Å². The highest BCUT2D eigenvalue weighted by Gasteiger charge is 2.52. The highest BCUT2D eigenvalue weighted by Crippen LogP contribution is 2.41. The summed E-state index contributed by atoms with van der Waals surface area (Å²) in [4.78, 5) is 2.17. The summed E-state index contributed by atoms with van der Waals surface area (Å²) in [5.74, 6) is 0.253. The molecule has 0 radical (unpaired) electrons. The number of likely N-dealkylation sites (N-methyl/N-ethyl adjacent to an activating group) is 1. The molecule has 4 heteroatoms. The molecule has 2 unspecified atom stereocenters. The van der Waals surface area contributed by atoms with Crippen molar-refractivity contribution in [2.45, 2.75) is 64.3 Å². The summed E-state index contributed by atoms with van der Waals surface area (Å²) in [7, 11) is 2.03. The molecule has 0 aliphatic carbocycles. The third-order valence-corrected chi connectivity index (χ3v) is 4.55. The van der Waals surface area contributed by atoms with Gasteiger partial charge in [0.15, 0.2) is 0 Å². The van der Waals surface area contributed by atoms with E-state index in [2.05, 4.69) is 32.6 Å². The van der Waals surface area contributed by atoms with Crippen LogP contribution in [-0.4, -0.2) is 53.0 Å². The first-order valence-electron chi connectivity index (χ1n) is 6.72. The Hall–Kier alpha value is -0.160. The van der Waals surface area contributed by atoms with E-state index in [-0.39, 0.29) is 35.3 Å². The fourth-order valence-corrected chi connectivity index (χ4v) is 2.73. The zero-order valence-corrected chi connectivity index (χ0v) is 12.9. The van der Waals surface area contributed by atoms with Crippen LogP contribution in [0.25, 0.3) is 0 Å². The minimum absolute atomic E-state index is 0.00411. The molecule has 1 aliphatic heterocycles. The van der Waals surface area contributed by atoms with Gasteiger partial charge in [-0.25, -0.2) is 0 Å². The average molecular weight is 258 g/mol. The molecule has 0 bridgehead atoms. The summed E-state index contributed by atoms with van der Waals surface area (Å²) in [5.41, 5.74) is 5.59. The number of rotatable bonds is 4. The number of ether oxygens (including phenoxy) is 1. The summed E-state index contributed by atoms with van der Waals surface area (Å²) in [6.07, 6.45) is 0. The molecule has 0 amide bonds. The molecule has 0 aromatic carbocycles. The van der Waals surface area contributed by atoms with E-state index >= 15 is 0 Å². The highest BCUT2D eigenvalue weighted by molar-refractivity contribution is 5.05. The van der Waals surface area contributed by atoms with Gasteiger partial charge in [-0.05, 0) is 48.6 Å². The van der Waals surface area contributed by atoms with Crippen LogP contribution in [0.1, 0.15) is 41.5 Å². The Labute approximate surface area is 111 Å². The molecule has 1 aliphatic rings. The average Bonchev–Trinajstić information content (AvgIpc) is 2.36. The highest BCUT2D eigenvalue weighted by atomic mass is 16.5. The third-order valence-electron chi connectivity index (χ3n) is 4.55. The molecule has 0 saturated carbocycles. The number of aliphatic hydroxyl groups is 1. The maximum absolute atomic E-state index is 9.43. The van der Waals surface area contributed by atoms with Crippen molar-refractivity contribution in [3.8, 4) is 0 Å². The van der Waals surface area contributed by atoms with Gasteiger partial charge in [0.1, 0.15) is 0 Å². The van der Waals surface area contributed by atoms with Crippen LogP contribution in [0, 0.1) is 5.92 Å². The van der Waals surface area contributed by atoms with Gasteiger partial charge < -0.3 is 15.6 Å². The predicted molar refractivity (Wildman–Crippen MR) is 74.5 cm³/mol. The van der Waals surface area contributed by atoms with E-state index in [1.54, 1.807) is 0 Å². The monoisotopic (exact) mass is 258 g/mol. The van der Waals surface area contributed by atoms with E-state index in [1.807, 2.05) is 20.9 Å². The third kappa shape index (κ3) is 2.87. The molecule has 1 heterocycles. The lowest BCUT2D eigenvalue weighted by atomic mass is 9.82. The van der Waals surface area contributed by atoms with Gasteiger partial charge in [-0.15, -0.1) is 0 Å². The summed E-state index contributed by atoms with van der Waals surface area (Å²) in [6.45, 7) is 13.3. The zero-order valence-electron chi connectivity index (χ0n) is 12.9. The lowest BCUT2D eigenvalue weighted by Gasteiger charge is -2.39. The van der Waals surface area contributed by atoms with E-state index < -0.39 is 0 Å². The van der Waals surface area contributed by atoms with Crippen LogP contribution in [0.5, 0.6) is 0 Å². The number of nitrogens with zero attached hydrogens (tertiary/aromatic N) is 1. The lowest BCUT2D eigenvalue weighted by Crippen LogP contribution is -2.53. The number of aliphatic hydroxyl groups excluding tert-OH is 1. The molecule has 0 spiro atoms. The number of hydrogen-bond acceptors (Lipinski definition) is 4. The van der Waals surface area contributed by atoms with Crippen molar-refractivity contribution < 1.29 is 9.84 Å². The molecule has 3 N–H and O–H groups in total. The Bertz CT molecular complexity index is 300. The molecular formula is C14H30N2O2. The van der Waals surface area contributed by atoms with E-state index in [9.17, 15) is 5.11 Å². The second kappa shape index (κ2) is 4.75. The second-order valence-corrected chi connectivity index (χ2v) is 7.29. The standard InChI is InChI=1S/C14H30N2O2/c1-12(2,9-17)16(7)8-10-11(15)14(5,6)18-13(10,3)4/h10-11,17H,8-9,15H2,1-7H3. The predicted octanol–water partition coefficient (Wildman–Crippen LogP) is 1.22. The summed E-state index contributed by atoms with van der Waals surface area (Å²) in [5, 5.41) is 9.43. The molecule has 2 atom stereocenters. The normalized spacial score (nSPS) is 31.0. The van der Waals surface area contributed by atoms with Crippen LogP contribution in [0.4, 0.5) is 0 Å². The van der Waals surface area contributed by atoms with Gasteiger partial charge in [-0.1, -0.05) is 0 Å². The van der Waals surface area contributed by atoms with Gasteiger partial charge in [0, 0.05) is 24.0 Å². The first kappa shape index (κ1) is 15.9. The van der Waals surface area contributed by atoms with Crippen molar-refractivity contribution in [3.63, 3.8) is 0 Å². The van der Waals surface area contributed by atoms with Gasteiger partial charge in [-0.3, -0.25) is 4.90 Å². The Morgan fingerprint density at radius 1 is 1.22 bits per heavy atom. The van der Waals surface area contributed by atoms with E-state index in [1.165, 1.54) is 0 Å². The van der Waals surface area contributed by atoms with Crippen LogP contribution >= 0.6 is 0 Å². The van der Waals surface area contributed by atoms with Crippen molar-refractivity contribution in [1.29, 1.82) is 0 Å². The molecule has 1 fully saturated rings. The molecule has 108 valence electrons. The van der Waals surface area contributed by atoms with Gasteiger partial charge in [0.25, 0.3) is 0 Å². The van der Waals surface area contributed by atoms with Gasteiger partial charge in [0.2, 0.25) is 0 Å². The largest absolute Gasteiger partial charge is 0.394 e. The summed E-state index contributed by atoms with van der Waals surface area (Å²) in [6, 6.07) is 0.00411. The Balaban J connectivity index is 2.84. The Morgan fingerprint density at radius 3 is 2.06 bits per heavy atom. The lowest BCUT2D eigenvalue weighted by molar-refractivity contribution is -0.0803. The smallest absolute Gasteiger partial charge is 0.0788 e. The Kier molecular flexibility index (Phi) is 4.19. The number of hydrogen-bond donors (Lipinski definition) is 2. The molecule has 18 heavy (non-hydrogen) atoms. The maximum atomic E-state index is 9.43. The van der Waals surface area contributed by atoms with Crippen molar-refractivity contribution >= 4 is 0 Å². The fourth-order valence-electron chi connectivity index (χ4n) is 2.73. The zero-order chi connectivity index (χ0) is 14.4. The molecule has 1 saturated heterocycles. The Morgan fingerprint density at radius 2 is 1.72 bits per heavy atom. The van der Waals surface area contributed by atoms with E-state index in [4.69, 9.17) is 10.5 Å². The quantitative estimate of drug-likeness (QED) is 0.796. The summed E-state index contributed by atoms with van der Waals surface area (Å²) < 4.78 is 6.09. The van der Waals surface area contributed by atoms with Crippen molar-refractivity contribution in [2.24, 2.45) is 11.7 Å². The fraction of sp³-hybridized carbons (Fsp3) is 1.00. The van der Waals surface area contributed by atoms with Crippen LogP contribution in [0.3, 0.4) is 0 Å². The molecule has 0 aromatic heterocycles. The van der Waals surface area contributed by atoms with E-state index in [0.717, 1.165) is 6.54 Å². The maximum Gasteiger partial charge on any atom is 0.0788 e. The molecular weight excluding hydrogens is 228 g/mol. The SMILES string of the molecule is CN(CC1C(N)C(C)(C)OC1(C)C)C(C)(C)CO. The topological polar surface area (TPSA) is 58.7 Å². The van der Waals surface area contributed by atoms with Crippen molar-refractivity contribution in [2.75, 3.05) is 20.2 Å². The van der Waals surface area contributed by atoms with E-state index in [0.29, 0.717) is 0 Å². The van der Waals surface area contributed by atoms with Gasteiger partial charge in [0.05, 0.1) is 17.8 Å². The van der Waals surface area contributed by atoms with Crippen molar-refractivity contribution in [1.82, 2.24) is 4.90 Å². The molecule has 0 aromatic rings. The van der Waals surface area contributed by atoms with Gasteiger partial charge >= 0.3 is 0 Å². The van der Waals surface area contributed by atoms with Crippen LogP contribution in [0.2, 0.25) is 0 Å². The molecule has 1 rings (SSSR count). The van der Waals surface area contributed by atoms with Crippen LogP contribution in [-0.2, 0) is 4.74 Å².